The first-order valence-electron chi connectivity index (χ1n) is 10.4. The number of carbonyl (C=O) groups excluding carboxylic acids is 1. The first-order valence-corrected chi connectivity index (χ1v) is 11.2. The summed E-state index contributed by atoms with van der Waals surface area (Å²) in [5.41, 5.74) is 3.06. The van der Waals surface area contributed by atoms with Gasteiger partial charge in [-0.2, -0.15) is 0 Å². The molecule has 7 heteroatoms. The Morgan fingerprint density at radius 1 is 1.00 bits per heavy atom. The number of ether oxygens (including phenoxy) is 2. The summed E-state index contributed by atoms with van der Waals surface area (Å²) in [5.74, 6) is 1.82. The van der Waals surface area contributed by atoms with Crippen LogP contribution >= 0.6 is 11.3 Å². The molecule has 1 saturated heterocycles. The molecule has 0 saturated carbocycles. The number of rotatable bonds is 7. The van der Waals surface area contributed by atoms with Gasteiger partial charge in [-0.15, -0.1) is 11.3 Å². The summed E-state index contributed by atoms with van der Waals surface area (Å²) in [6.07, 6.45) is 0.431. The maximum atomic E-state index is 12.7. The van der Waals surface area contributed by atoms with Crippen LogP contribution in [-0.2, 0) is 17.8 Å². The average Bonchev–Trinajstić information content (AvgIpc) is 3.28. The lowest BCUT2D eigenvalue weighted by molar-refractivity contribution is -0.132. The second-order valence-electron chi connectivity index (χ2n) is 7.54. The van der Waals surface area contributed by atoms with Crippen LogP contribution < -0.4 is 9.47 Å². The maximum Gasteiger partial charge on any atom is 0.227 e. The summed E-state index contributed by atoms with van der Waals surface area (Å²) in [6.45, 7) is 4.05. The molecule has 2 aromatic carbocycles. The molecule has 3 aromatic rings. The number of hydrogen-bond donors (Lipinski definition) is 0. The van der Waals surface area contributed by atoms with E-state index in [0.29, 0.717) is 6.42 Å². The summed E-state index contributed by atoms with van der Waals surface area (Å²) in [5, 5.41) is 3.19. The molecule has 0 bridgehead atoms. The zero-order valence-electron chi connectivity index (χ0n) is 17.9. The number of aromatic nitrogens is 1. The molecule has 1 fully saturated rings. The predicted molar refractivity (Wildman–Crippen MR) is 123 cm³/mol. The van der Waals surface area contributed by atoms with Gasteiger partial charge in [0.15, 0.2) is 0 Å². The summed E-state index contributed by atoms with van der Waals surface area (Å²) in [7, 11) is 3.32. The Kier molecular flexibility index (Phi) is 6.84. The quantitative estimate of drug-likeness (QED) is 0.564. The SMILES string of the molecule is COc1ccc(CC(=O)N2CCN(Cc3nc(-c4cccc(OC)c4)cs3)CC2)cc1. The fraction of sp³-hybridized carbons (Fsp3) is 0.333. The largest absolute Gasteiger partial charge is 0.497 e. The van der Waals surface area contributed by atoms with Crippen LogP contribution in [0, 0.1) is 0 Å². The molecule has 0 atom stereocenters. The lowest BCUT2D eigenvalue weighted by atomic mass is 10.1. The van der Waals surface area contributed by atoms with Crippen molar-refractivity contribution in [3.8, 4) is 22.8 Å². The monoisotopic (exact) mass is 437 g/mol. The Morgan fingerprint density at radius 2 is 1.74 bits per heavy atom. The van der Waals surface area contributed by atoms with Crippen molar-refractivity contribution in [1.29, 1.82) is 0 Å². The number of amides is 1. The maximum absolute atomic E-state index is 12.7. The van der Waals surface area contributed by atoms with Gasteiger partial charge in [-0.3, -0.25) is 9.69 Å². The molecule has 0 N–H and O–H groups in total. The number of methoxy groups -OCH3 is 2. The fourth-order valence-electron chi connectivity index (χ4n) is 3.67. The van der Waals surface area contributed by atoms with Gasteiger partial charge in [0.1, 0.15) is 16.5 Å². The molecule has 1 aromatic heterocycles. The Balaban J connectivity index is 1.28. The van der Waals surface area contributed by atoms with Crippen LogP contribution in [0.2, 0.25) is 0 Å². The normalized spacial score (nSPS) is 14.5. The zero-order chi connectivity index (χ0) is 21.6. The van der Waals surface area contributed by atoms with Crippen molar-refractivity contribution in [2.45, 2.75) is 13.0 Å². The number of nitrogens with zero attached hydrogens (tertiary/aromatic N) is 3. The molecule has 6 nitrogen and oxygen atoms in total. The van der Waals surface area contributed by atoms with E-state index in [1.165, 1.54) is 0 Å². The Labute approximate surface area is 187 Å². The molecule has 0 radical (unpaired) electrons. The molecule has 0 aliphatic carbocycles. The van der Waals surface area contributed by atoms with Crippen LogP contribution in [0.5, 0.6) is 11.5 Å². The molecule has 1 aliphatic heterocycles. The molecule has 162 valence electrons. The van der Waals surface area contributed by atoms with Gasteiger partial charge >= 0.3 is 0 Å². The van der Waals surface area contributed by atoms with Crippen molar-refractivity contribution < 1.29 is 14.3 Å². The fourth-order valence-corrected chi connectivity index (χ4v) is 4.52. The van der Waals surface area contributed by atoms with Crippen LogP contribution in [0.25, 0.3) is 11.3 Å². The lowest BCUT2D eigenvalue weighted by Crippen LogP contribution is -2.48. The van der Waals surface area contributed by atoms with Crippen molar-refractivity contribution in [1.82, 2.24) is 14.8 Å². The number of thiazole rings is 1. The minimum atomic E-state index is 0.180. The lowest BCUT2D eigenvalue weighted by Gasteiger charge is -2.34. The van der Waals surface area contributed by atoms with Crippen molar-refractivity contribution in [3.05, 3.63) is 64.5 Å². The number of piperazine rings is 1. The van der Waals surface area contributed by atoms with E-state index in [-0.39, 0.29) is 5.91 Å². The molecule has 1 amide bonds. The molecule has 0 unspecified atom stereocenters. The molecule has 1 aliphatic rings. The standard InChI is InChI=1S/C24H27N3O3S/c1-29-20-8-6-18(7-9-20)14-24(28)27-12-10-26(11-13-27)16-23-25-22(17-31-23)19-4-3-5-21(15-19)30-2/h3-9,15,17H,10-14,16H2,1-2H3. The Hall–Kier alpha value is -2.90. The average molecular weight is 438 g/mol. The highest BCUT2D eigenvalue weighted by Gasteiger charge is 2.22. The van der Waals surface area contributed by atoms with Gasteiger partial charge in [-0.25, -0.2) is 4.98 Å². The Morgan fingerprint density at radius 3 is 2.45 bits per heavy atom. The van der Waals surface area contributed by atoms with Crippen LogP contribution in [0.1, 0.15) is 10.6 Å². The number of carbonyl (C=O) groups is 1. The minimum absolute atomic E-state index is 0.180. The van der Waals surface area contributed by atoms with Crippen LogP contribution in [-0.4, -0.2) is 61.1 Å². The summed E-state index contributed by atoms with van der Waals surface area (Å²) in [4.78, 5) is 21.8. The molecule has 2 heterocycles. The topological polar surface area (TPSA) is 54.9 Å². The van der Waals surface area contributed by atoms with Gasteiger partial charge in [0.05, 0.1) is 32.9 Å². The molecule has 31 heavy (non-hydrogen) atoms. The highest BCUT2D eigenvalue weighted by molar-refractivity contribution is 7.09. The summed E-state index contributed by atoms with van der Waals surface area (Å²) in [6, 6.07) is 15.7. The van der Waals surface area contributed by atoms with E-state index < -0.39 is 0 Å². The third-order valence-corrected chi connectivity index (χ3v) is 6.35. The van der Waals surface area contributed by atoms with Crippen molar-refractivity contribution >= 4 is 17.2 Å². The highest BCUT2D eigenvalue weighted by Crippen LogP contribution is 2.26. The van der Waals surface area contributed by atoms with Crippen molar-refractivity contribution in [2.75, 3.05) is 40.4 Å². The predicted octanol–water partition coefficient (Wildman–Crippen LogP) is 3.71. The van der Waals surface area contributed by atoms with E-state index in [0.717, 1.165) is 66.1 Å². The van der Waals surface area contributed by atoms with E-state index in [9.17, 15) is 4.79 Å². The number of hydrogen-bond acceptors (Lipinski definition) is 6. The van der Waals surface area contributed by atoms with Crippen LogP contribution in [0.4, 0.5) is 0 Å². The summed E-state index contributed by atoms with van der Waals surface area (Å²) >= 11 is 1.68. The van der Waals surface area contributed by atoms with Crippen molar-refractivity contribution in [3.63, 3.8) is 0 Å². The van der Waals surface area contributed by atoms with E-state index in [1.807, 2.05) is 47.4 Å². The van der Waals surface area contributed by atoms with Gasteiger partial charge in [-0.05, 0) is 29.8 Å². The summed E-state index contributed by atoms with van der Waals surface area (Å²) < 4.78 is 10.5. The van der Waals surface area contributed by atoms with Gasteiger partial charge in [0.25, 0.3) is 0 Å². The minimum Gasteiger partial charge on any atom is -0.497 e. The second-order valence-corrected chi connectivity index (χ2v) is 8.48. The van der Waals surface area contributed by atoms with E-state index in [4.69, 9.17) is 14.5 Å². The van der Waals surface area contributed by atoms with Gasteiger partial charge in [0.2, 0.25) is 5.91 Å². The van der Waals surface area contributed by atoms with Crippen LogP contribution in [0.3, 0.4) is 0 Å². The Bertz CT molecular complexity index is 1010. The zero-order valence-corrected chi connectivity index (χ0v) is 18.7. The van der Waals surface area contributed by atoms with E-state index in [2.05, 4.69) is 16.3 Å². The molecule has 4 rings (SSSR count). The molecule has 0 spiro atoms. The van der Waals surface area contributed by atoms with Gasteiger partial charge in [0, 0.05) is 37.1 Å². The number of benzene rings is 2. The smallest absolute Gasteiger partial charge is 0.227 e. The second kappa shape index (κ2) is 9.94. The first-order chi connectivity index (χ1) is 15.1. The van der Waals surface area contributed by atoms with E-state index in [1.54, 1.807) is 25.6 Å². The first kappa shape index (κ1) is 21.3. The molecular weight excluding hydrogens is 410 g/mol. The molecular formula is C24H27N3O3S. The van der Waals surface area contributed by atoms with E-state index >= 15 is 0 Å². The van der Waals surface area contributed by atoms with Gasteiger partial charge < -0.3 is 14.4 Å². The highest BCUT2D eigenvalue weighted by atomic mass is 32.1. The third-order valence-electron chi connectivity index (χ3n) is 5.52. The van der Waals surface area contributed by atoms with Crippen LogP contribution in [0.15, 0.2) is 53.9 Å². The third kappa shape index (κ3) is 5.42. The van der Waals surface area contributed by atoms with Gasteiger partial charge in [-0.1, -0.05) is 24.3 Å². The van der Waals surface area contributed by atoms with Crippen molar-refractivity contribution in [2.24, 2.45) is 0 Å².